The molecule has 2 aliphatic heterocycles. The molecule has 2 saturated heterocycles. The van der Waals surface area contributed by atoms with Crippen molar-refractivity contribution in [3.05, 3.63) is 69.3 Å². The molecule has 4 aliphatic rings. The Kier molecular flexibility index (Phi) is 6.13. The molecule has 37 heavy (non-hydrogen) atoms. The normalized spacial score (nSPS) is 20.5. The molecular formula is C31H31N3O3. The monoisotopic (exact) mass is 493 g/mol. The van der Waals surface area contributed by atoms with Gasteiger partial charge in [0.15, 0.2) is 5.78 Å². The molecule has 0 amide bonds. The molecule has 0 radical (unpaired) electrons. The van der Waals surface area contributed by atoms with Crippen LogP contribution in [0.3, 0.4) is 0 Å². The van der Waals surface area contributed by atoms with E-state index in [0.717, 1.165) is 84.0 Å². The standard InChI is InChI=1S/C31H31N3O3/c1-31(2)26-19-28(34-10-14-37-15-11-34)22(4-3-7-33-8-12-36-13-9-33)17-25(26)30(35)29-24-6-5-21(20-32)16-23(24)18-27(29)31/h5-6,16-17,19H,7-15,18H2,1-2H3. The molecule has 2 heterocycles. The van der Waals surface area contributed by atoms with Gasteiger partial charge in [0.2, 0.25) is 0 Å². The van der Waals surface area contributed by atoms with Crippen molar-refractivity contribution in [1.29, 1.82) is 5.26 Å². The molecule has 0 saturated carbocycles. The van der Waals surface area contributed by atoms with Crippen LogP contribution < -0.4 is 4.90 Å². The lowest BCUT2D eigenvalue weighted by atomic mass is 9.68. The van der Waals surface area contributed by atoms with E-state index < -0.39 is 0 Å². The third-order valence-corrected chi connectivity index (χ3v) is 8.19. The first-order chi connectivity index (χ1) is 18.0. The lowest BCUT2D eigenvalue weighted by Crippen LogP contribution is -2.37. The summed E-state index contributed by atoms with van der Waals surface area (Å²) in [6.07, 6.45) is 0.701. The Morgan fingerprint density at radius 1 is 0.973 bits per heavy atom. The number of allylic oxidation sites excluding steroid dienone is 2. The van der Waals surface area contributed by atoms with Crippen LogP contribution in [0.4, 0.5) is 5.69 Å². The van der Waals surface area contributed by atoms with Gasteiger partial charge in [-0.1, -0.05) is 31.8 Å². The van der Waals surface area contributed by atoms with Gasteiger partial charge >= 0.3 is 0 Å². The maximum atomic E-state index is 14.0. The molecule has 6 rings (SSSR count). The van der Waals surface area contributed by atoms with E-state index >= 15 is 0 Å². The topological polar surface area (TPSA) is 65.8 Å². The van der Waals surface area contributed by atoms with Crippen molar-refractivity contribution in [2.45, 2.75) is 25.7 Å². The van der Waals surface area contributed by atoms with E-state index in [-0.39, 0.29) is 11.2 Å². The van der Waals surface area contributed by atoms with Crippen LogP contribution in [0, 0.1) is 23.2 Å². The highest BCUT2D eigenvalue weighted by Crippen LogP contribution is 2.51. The van der Waals surface area contributed by atoms with Gasteiger partial charge in [0.25, 0.3) is 0 Å². The molecule has 0 unspecified atom stereocenters. The van der Waals surface area contributed by atoms with Crippen LogP contribution in [0.2, 0.25) is 0 Å². The van der Waals surface area contributed by atoms with Crippen molar-refractivity contribution >= 4 is 17.0 Å². The molecule has 2 aliphatic carbocycles. The number of rotatable bonds is 2. The first kappa shape index (κ1) is 23.9. The molecule has 6 nitrogen and oxygen atoms in total. The van der Waals surface area contributed by atoms with Gasteiger partial charge in [-0.05, 0) is 52.9 Å². The molecule has 0 aromatic heterocycles. The third-order valence-electron chi connectivity index (χ3n) is 8.19. The SMILES string of the molecule is CC1(C)C2=C(C(=O)c3cc(C#CCN4CCOCC4)c(N4CCOCC4)cc31)c1ccc(C#N)cc1C2. The molecule has 0 atom stereocenters. The van der Waals surface area contributed by atoms with Gasteiger partial charge in [0, 0.05) is 48.3 Å². The highest BCUT2D eigenvalue weighted by molar-refractivity contribution is 6.33. The number of fused-ring (bicyclic) bond motifs is 3. The third kappa shape index (κ3) is 4.16. The summed E-state index contributed by atoms with van der Waals surface area (Å²) in [5, 5.41) is 9.40. The van der Waals surface area contributed by atoms with Crippen LogP contribution in [-0.4, -0.2) is 69.8 Å². The number of Topliss-reactive ketones (excluding diaryl/α,β-unsaturated/α-hetero) is 1. The number of hydrogen-bond acceptors (Lipinski definition) is 6. The van der Waals surface area contributed by atoms with E-state index in [1.807, 2.05) is 24.3 Å². The Morgan fingerprint density at radius 2 is 1.70 bits per heavy atom. The van der Waals surface area contributed by atoms with Crippen LogP contribution in [-0.2, 0) is 21.3 Å². The summed E-state index contributed by atoms with van der Waals surface area (Å²) >= 11 is 0. The fraction of sp³-hybridized carbons (Fsp3) is 0.419. The number of nitriles is 1. The predicted molar refractivity (Wildman–Crippen MR) is 143 cm³/mol. The number of benzene rings is 2. The molecular weight excluding hydrogens is 462 g/mol. The van der Waals surface area contributed by atoms with Crippen LogP contribution in [0.5, 0.6) is 0 Å². The minimum atomic E-state index is -0.314. The largest absolute Gasteiger partial charge is 0.379 e. The molecule has 0 N–H and O–H groups in total. The highest BCUT2D eigenvalue weighted by atomic mass is 16.5. The maximum absolute atomic E-state index is 14.0. The smallest absolute Gasteiger partial charge is 0.193 e. The van der Waals surface area contributed by atoms with Gasteiger partial charge in [-0.2, -0.15) is 5.26 Å². The molecule has 188 valence electrons. The van der Waals surface area contributed by atoms with Crippen molar-refractivity contribution in [2.75, 3.05) is 64.1 Å². The Hall–Kier alpha value is -3.42. The van der Waals surface area contributed by atoms with E-state index in [0.29, 0.717) is 31.7 Å². The lowest BCUT2D eigenvalue weighted by Gasteiger charge is -2.37. The summed E-state index contributed by atoms with van der Waals surface area (Å²) in [7, 11) is 0. The lowest BCUT2D eigenvalue weighted by molar-refractivity contribution is 0.0443. The number of ether oxygens (including phenoxy) is 2. The molecule has 2 aromatic rings. The van der Waals surface area contributed by atoms with Crippen molar-refractivity contribution in [3.8, 4) is 17.9 Å². The first-order valence-corrected chi connectivity index (χ1v) is 13.1. The number of ketones is 1. The van der Waals surface area contributed by atoms with Gasteiger partial charge in [-0.15, -0.1) is 0 Å². The van der Waals surface area contributed by atoms with E-state index in [2.05, 4.69) is 47.6 Å². The first-order valence-electron chi connectivity index (χ1n) is 13.1. The molecule has 2 aromatic carbocycles. The van der Waals surface area contributed by atoms with Gasteiger partial charge in [-0.25, -0.2) is 0 Å². The Morgan fingerprint density at radius 3 is 2.43 bits per heavy atom. The van der Waals surface area contributed by atoms with Crippen molar-refractivity contribution in [3.63, 3.8) is 0 Å². The average Bonchev–Trinajstić information content (AvgIpc) is 3.33. The summed E-state index contributed by atoms with van der Waals surface area (Å²) < 4.78 is 11.1. The van der Waals surface area contributed by atoms with E-state index in [9.17, 15) is 10.1 Å². The minimum absolute atomic E-state index is 0.0672. The van der Waals surface area contributed by atoms with Crippen molar-refractivity contribution < 1.29 is 14.3 Å². The van der Waals surface area contributed by atoms with Crippen LogP contribution in [0.25, 0.3) is 5.57 Å². The second-order valence-corrected chi connectivity index (χ2v) is 10.7. The zero-order valence-corrected chi connectivity index (χ0v) is 21.5. The average molecular weight is 494 g/mol. The van der Waals surface area contributed by atoms with Gasteiger partial charge in [-0.3, -0.25) is 9.69 Å². The zero-order chi connectivity index (χ0) is 25.6. The Bertz CT molecular complexity index is 1410. The zero-order valence-electron chi connectivity index (χ0n) is 21.5. The molecule has 2 fully saturated rings. The fourth-order valence-electron chi connectivity index (χ4n) is 6.05. The fourth-order valence-corrected chi connectivity index (χ4v) is 6.05. The van der Waals surface area contributed by atoms with E-state index in [4.69, 9.17) is 9.47 Å². The number of carbonyl (C=O) groups is 1. The number of carbonyl (C=O) groups excluding carboxylic acids is 1. The molecule has 6 heteroatoms. The number of anilines is 1. The summed E-state index contributed by atoms with van der Waals surface area (Å²) in [5.41, 5.74) is 8.10. The van der Waals surface area contributed by atoms with Crippen LogP contribution >= 0.6 is 0 Å². The van der Waals surface area contributed by atoms with E-state index in [1.165, 1.54) is 0 Å². The summed E-state index contributed by atoms with van der Waals surface area (Å²) in [6.45, 7) is 11.4. The number of nitrogens with zero attached hydrogens (tertiary/aromatic N) is 3. The Balaban J connectivity index is 1.43. The summed E-state index contributed by atoms with van der Waals surface area (Å²) in [5.74, 6) is 6.87. The van der Waals surface area contributed by atoms with Crippen LogP contribution in [0.15, 0.2) is 35.9 Å². The maximum Gasteiger partial charge on any atom is 0.193 e. The van der Waals surface area contributed by atoms with Gasteiger partial charge in [0.1, 0.15) is 0 Å². The van der Waals surface area contributed by atoms with Crippen molar-refractivity contribution in [1.82, 2.24) is 4.90 Å². The van der Waals surface area contributed by atoms with Gasteiger partial charge in [0.05, 0.1) is 50.3 Å². The second-order valence-electron chi connectivity index (χ2n) is 10.7. The minimum Gasteiger partial charge on any atom is -0.379 e. The van der Waals surface area contributed by atoms with Gasteiger partial charge < -0.3 is 14.4 Å². The molecule has 0 bridgehead atoms. The highest BCUT2D eigenvalue weighted by Gasteiger charge is 2.43. The van der Waals surface area contributed by atoms with Crippen LogP contribution in [0.1, 0.15) is 52.0 Å². The number of hydrogen-bond donors (Lipinski definition) is 0. The Labute approximate surface area is 218 Å². The summed E-state index contributed by atoms with van der Waals surface area (Å²) in [4.78, 5) is 18.7. The summed E-state index contributed by atoms with van der Waals surface area (Å²) in [6, 6.07) is 12.2. The number of morpholine rings is 2. The van der Waals surface area contributed by atoms with Crippen molar-refractivity contribution in [2.24, 2.45) is 0 Å². The quantitative estimate of drug-likeness (QED) is 0.596. The second kappa shape index (κ2) is 9.47. The predicted octanol–water partition coefficient (Wildman–Crippen LogP) is 3.56. The molecule has 0 spiro atoms. The van der Waals surface area contributed by atoms with E-state index in [1.54, 1.807) is 0 Å².